The van der Waals surface area contributed by atoms with E-state index < -0.39 is 0 Å². The molecule has 0 aliphatic carbocycles. The molecule has 60 valence electrons. The molecule has 1 amide bonds. The van der Waals surface area contributed by atoms with Gasteiger partial charge in [-0.1, -0.05) is 0 Å². The summed E-state index contributed by atoms with van der Waals surface area (Å²) in [6.45, 7) is 1.87. The second-order valence-electron chi connectivity index (χ2n) is 2.24. The molecule has 0 bridgehead atoms. The number of anilines is 1. The first-order chi connectivity index (χ1) is 5.16. The topological polar surface area (TPSA) is 55.1 Å². The smallest absolute Gasteiger partial charge is 0.251 e. The lowest BCUT2D eigenvalue weighted by Gasteiger charge is -1.98. The molecule has 0 aromatic carbocycles. The maximum Gasteiger partial charge on any atom is 0.251 e. The number of carbonyl (C=O) groups excluding carboxylic acids is 1. The number of amides is 1. The van der Waals surface area contributed by atoms with Crippen molar-refractivity contribution in [1.29, 1.82) is 0 Å². The highest BCUT2D eigenvalue weighted by atomic mass is 32.1. The second kappa shape index (κ2) is 2.92. The molecule has 0 aliphatic heterocycles. The first-order valence-electron chi connectivity index (χ1n) is 3.22. The van der Waals surface area contributed by atoms with Crippen LogP contribution in [0.5, 0.6) is 0 Å². The van der Waals surface area contributed by atoms with Crippen LogP contribution in [0.3, 0.4) is 0 Å². The van der Waals surface area contributed by atoms with Crippen molar-refractivity contribution < 1.29 is 4.79 Å². The monoisotopic (exact) mass is 170 g/mol. The van der Waals surface area contributed by atoms with E-state index in [1.165, 1.54) is 11.3 Å². The fraction of sp³-hybridized carbons (Fsp3) is 0.286. The Bertz CT molecular complexity index is 280. The van der Waals surface area contributed by atoms with Crippen molar-refractivity contribution >= 4 is 22.2 Å². The van der Waals surface area contributed by atoms with Gasteiger partial charge in [0.2, 0.25) is 0 Å². The highest BCUT2D eigenvalue weighted by molar-refractivity contribution is 7.14. The van der Waals surface area contributed by atoms with Crippen LogP contribution in [-0.2, 0) is 0 Å². The van der Waals surface area contributed by atoms with Crippen LogP contribution in [0, 0.1) is 6.92 Å². The van der Waals surface area contributed by atoms with Crippen LogP contribution in [0.1, 0.15) is 15.9 Å². The quantitative estimate of drug-likeness (QED) is 0.700. The van der Waals surface area contributed by atoms with E-state index in [0.717, 1.165) is 10.6 Å². The maximum absolute atomic E-state index is 10.9. The van der Waals surface area contributed by atoms with Crippen LogP contribution < -0.4 is 11.1 Å². The summed E-state index contributed by atoms with van der Waals surface area (Å²) in [5, 5.41) is 5.67. The van der Waals surface area contributed by atoms with Gasteiger partial charge in [0.05, 0.1) is 5.56 Å². The van der Waals surface area contributed by atoms with Gasteiger partial charge in [-0.05, 0) is 17.9 Å². The SMILES string of the molecule is CNc1scc(C)c1C(N)=O. The van der Waals surface area contributed by atoms with Gasteiger partial charge in [-0.15, -0.1) is 11.3 Å². The lowest BCUT2D eigenvalue weighted by atomic mass is 10.2. The summed E-state index contributed by atoms with van der Waals surface area (Å²) < 4.78 is 0. The predicted molar refractivity (Wildman–Crippen MR) is 47.1 cm³/mol. The molecule has 4 heteroatoms. The van der Waals surface area contributed by atoms with Crippen LogP contribution in [0.15, 0.2) is 5.38 Å². The number of nitrogens with one attached hydrogen (secondary N) is 1. The molecular weight excluding hydrogens is 160 g/mol. The summed E-state index contributed by atoms with van der Waals surface area (Å²) in [6.07, 6.45) is 0. The van der Waals surface area contributed by atoms with Crippen molar-refractivity contribution in [3.63, 3.8) is 0 Å². The van der Waals surface area contributed by atoms with E-state index in [-0.39, 0.29) is 5.91 Å². The average Bonchev–Trinajstić information content (AvgIpc) is 2.30. The number of rotatable bonds is 2. The molecule has 0 spiro atoms. The molecule has 11 heavy (non-hydrogen) atoms. The largest absolute Gasteiger partial charge is 0.379 e. The van der Waals surface area contributed by atoms with Crippen molar-refractivity contribution in [2.75, 3.05) is 12.4 Å². The fourth-order valence-electron chi connectivity index (χ4n) is 0.934. The van der Waals surface area contributed by atoms with E-state index >= 15 is 0 Å². The minimum Gasteiger partial charge on any atom is -0.379 e. The van der Waals surface area contributed by atoms with Crippen LogP contribution in [0.4, 0.5) is 5.00 Å². The standard InChI is InChI=1S/C7H10N2OS/c1-4-3-11-7(9-2)5(4)6(8)10/h3,9H,1-2H3,(H2,8,10). The van der Waals surface area contributed by atoms with Gasteiger partial charge in [0.15, 0.2) is 0 Å². The normalized spacial score (nSPS) is 9.64. The van der Waals surface area contributed by atoms with Crippen molar-refractivity contribution in [3.05, 3.63) is 16.5 Å². The van der Waals surface area contributed by atoms with Crippen molar-refractivity contribution in [3.8, 4) is 0 Å². The Morgan fingerprint density at radius 1 is 1.73 bits per heavy atom. The maximum atomic E-state index is 10.9. The average molecular weight is 170 g/mol. The second-order valence-corrected chi connectivity index (χ2v) is 3.12. The molecule has 1 heterocycles. The molecule has 0 radical (unpaired) electrons. The number of primary amides is 1. The Kier molecular flexibility index (Phi) is 2.14. The summed E-state index contributed by atoms with van der Waals surface area (Å²) >= 11 is 1.49. The van der Waals surface area contributed by atoms with E-state index in [4.69, 9.17) is 5.73 Å². The van der Waals surface area contributed by atoms with Gasteiger partial charge in [-0.3, -0.25) is 4.79 Å². The van der Waals surface area contributed by atoms with Gasteiger partial charge >= 0.3 is 0 Å². The molecule has 0 atom stereocenters. The zero-order valence-electron chi connectivity index (χ0n) is 6.47. The Hall–Kier alpha value is -1.03. The Labute approximate surface area is 69.2 Å². The van der Waals surface area contributed by atoms with E-state index in [1.807, 2.05) is 12.3 Å². The summed E-state index contributed by atoms with van der Waals surface area (Å²) in [5.74, 6) is -0.367. The van der Waals surface area contributed by atoms with Gasteiger partial charge in [0, 0.05) is 7.05 Å². The molecule has 0 fully saturated rings. The van der Waals surface area contributed by atoms with Crippen molar-refractivity contribution in [2.24, 2.45) is 5.73 Å². The zero-order chi connectivity index (χ0) is 8.43. The minimum absolute atomic E-state index is 0.367. The van der Waals surface area contributed by atoms with Gasteiger partial charge in [-0.25, -0.2) is 0 Å². The van der Waals surface area contributed by atoms with Gasteiger partial charge in [0.1, 0.15) is 5.00 Å². The lowest BCUT2D eigenvalue weighted by molar-refractivity contribution is 0.100. The highest BCUT2D eigenvalue weighted by Crippen LogP contribution is 2.26. The minimum atomic E-state index is -0.367. The zero-order valence-corrected chi connectivity index (χ0v) is 7.29. The third kappa shape index (κ3) is 1.35. The highest BCUT2D eigenvalue weighted by Gasteiger charge is 2.11. The summed E-state index contributed by atoms with van der Waals surface area (Å²) in [5.41, 5.74) is 6.71. The lowest BCUT2D eigenvalue weighted by Crippen LogP contribution is -2.12. The molecule has 1 aromatic heterocycles. The molecule has 3 N–H and O–H groups in total. The molecular formula is C7H10N2OS. The number of thiophene rings is 1. The Balaban J connectivity index is 3.17. The van der Waals surface area contributed by atoms with Gasteiger partial charge < -0.3 is 11.1 Å². The Morgan fingerprint density at radius 2 is 2.36 bits per heavy atom. The van der Waals surface area contributed by atoms with Crippen LogP contribution in [0.25, 0.3) is 0 Å². The van der Waals surface area contributed by atoms with Crippen LogP contribution in [-0.4, -0.2) is 13.0 Å². The summed E-state index contributed by atoms with van der Waals surface area (Å²) in [4.78, 5) is 10.9. The third-order valence-electron chi connectivity index (χ3n) is 1.45. The molecule has 1 rings (SSSR count). The first-order valence-corrected chi connectivity index (χ1v) is 4.10. The van der Waals surface area contributed by atoms with E-state index in [0.29, 0.717) is 5.56 Å². The van der Waals surface area contributed by atoms with Crippen LogP contribution in [0.2, 0.25) is 0 Å². The van der Waals surface area contributed by atoms with Crippen molar-refractivity contribution in [2.45, 2.75) is 6.92 Å². The number of hydrogen-bond donors (Lipinski definition) is 2. The molecule has 0 unspecified atom stereocenters. The molecule has 0 aliphatic rings. The number of nitrogens with two attached hydrogens (primary N) is 1. The van der Waals surface area contributed by atoms with E-state index in [2.05, 4.69) is 5.32 Å². The van der Waals surface area contributed by atoms with Gasteiger partial charge in [0.25, 0.3) is 5.91 Å². The van der Waals surface area contributed by atoms with Gasteiger partial charge in [-0.2, -0.15) is 0 Å². The Morgan fingerprint density at radius 3 is 2.73 bits per heavy atom. The predicted octanol–water partition coefficient (Wildman–Crippen LogP) is 1.20. The van der Waals surface area contributed by atoms with E-state index in [1.54, 1.807) is 7.05 Å². The third-order valence-corrected chi connectivity index (χ3v) is 2.56. The fourth-order valence-corrected chi connectivity index (χ4v) is 1.84. The van der Waals surface area contributed by atoms with E-state index in [9.17, 15) is 4.79 Å². The van der Waals surface area contributed by atoms with Crippen molar-refractivity contribution in [1.82, 2.24) is 0 Å². The number of carbonyl (C=O) groups is 1. The molecule has 1 aromatic rings. The molecule has 3 nitrogen and oxygen atoms in total. The number of aryl methyl sites for hydroxylation is 1. The first kappa shape index (κ1) is 8.07. The molecule has 0 saturated carbocycles. The number of hydrogen-bond acceptors (Lipinski definition) is 3. The summed E-state index contributed by atoms with van der Waals surface area (Å²) in [7, 11) is 1.78. The summed E-state index contributed by atoms with van der Waals surface area (Å²) in [6, 6.07) is 0. The molecule has 0 saturated heterocycles. The van der Waals surface area contributed by atoms with Crippen LogP contribution >= 0.6 is 11.3 Å².